The van der Waals surface area contributed by atoms with Gasteiger partial charge in [0.05, 0.1) is 5.60 Å². The number of rotatable bonds is 6. The second kappa shape index (κ2) is 8.44. The maximum absolute atomic E-state index is 5.94. The third kappa shape index (κ3) is 5.27. The summed E-state index contributed by atoms with van der Waals surface area (Å²) < 4.78 is 5.94. The number of ether oxygens (including phenoxy) is 1. The number of hydrogen-bond acceptors (Lipinski definition) is 2. The number of nitrogens with zero attached hydrogens (tertiary/aromatic N) is 1. The highest BCUT2D eigenvalue weighted by Gasteiger charge is 2.33. The summed E-state index contributed by atoms with van der Waals surface area (Å²) in [7, 11) is 0. The van der Waals surface area contributed by atoms with E-state index in [9.17, 15) is 0 Å². The van der Waals surface area contributed by atoms with Crippen molar-refractivity contribution in [3.05, 3.63) is 71.8 Å². The van der Waals surface area contributed by atoms with Gasteiger partial charge in [0.25, 0.3) is 0 Å². The summed E-state index contributed by atoms with van der Waals surface area (Å²) in [4.78, 5) is 4.68. The number of aliphatic imine (C=N–C) groups is 1. The van der Waals surface area contributed by atoms with E-state index in [1.165, 1.54) is 11.1 Å². The first kappa shape index (κ1) is 17.9. The Morgan fingerprint density at radius 1 is 1.08 bits per heavy atom. The fourth-order valence-corrected chi connectivity index (χ4v) is 3.92. The Morgan fingerprint density at radius 3 is 2.44 bits per heavy atom. The van der Waals surface area contributed by atoms with Crippen LogP contribution in [-0.4, -0.2) is 25.0 Å². The van der Waals surface area contributed by atoms with Crippen molar-refractivity contribution in [1.82, 2.24) is 0 Å². The van der Waals surface area contributed by atoms with Crippen molar-refractivity contribution >= 4 is 6.21 Å². The lowest BCUT2D eigenvalue weighted by Crippen LogP contribution is -2.36. The van der Waals surface area contributed by atoms with Crippen LogP contribution >= 0.6 is 0 Å². The second-order valence-electron chi connectivity index (χ2n) is 7.61. The normalized spacial score (nSPS) is 21.3. The molecule has 25 heavy (non-hydrogen) atoms. The average molecular weight is 335 g/mol. The molecule has 1 aliphatic heterocycles. The summed E-state index contributed by atoms with van der Waals surface area (Å²) in [6.45, 7) is 6.17. The van der Waals surface area contributed by atoms with Crippen LogP contribution in [0, 0.1) is 5.92 Å². The summed E-state index contributed by atoms with van der Waals surface area (Å²) in [5, 5.41) is 0. The van der Waals surface area contributed by atoms with Gasteiger partial charge in [-0.15, -0.1) is 0 Å². The lowest BCUT2D eigenvalue weighted by Gasteiger charge is -2.39. The number of hydrogen-bond donors (Lipinski definition) is 0. The molecule has 0 aromatic heterocycles. The molecule has 0 unspecified atom stereocenters. The van der Waals surface area contributed by atoms with Gasteiger partial charge in [-0.1, -0.05) is 60.7 Å². The van der Waals surface area contributed by atoms with E-state index in [0.29, 0.717) is 11.8 Å². The molecule has 2 aromatic carbocycles. The van der Waals surface area contributed by atoms with Gasteiger partial charge in [0.2, 0.25) is 0 Å². The highest BCUT2D eigenvalue weighted by molar-refractivity contribution is 5.79. The van der Waals surface area contributed by atoms with Crippen molar-refractivity contribution in [2.45, 2.75) is 44.6 Å². The summed E-state index contributed by atoms with van der Waals surface area (Å²) in [5.74, 6) is 1.22. The first-order chi connectivity index (χ1) is 12.1. The zero-order valence-electron chi connectivity index (χ0n) is 15.4. The third-order valence-corrected chi connectivity index (χ3v) is 5.14. The maximum atomic E-state index is 5.94. The minimum absolute atomic E-state index is 0.0107. The zero-order valence-corrected chi connectivity index (χ0v) is 15.4. The van der Waals surface area contributed by atoms with Crippen molar-refractivity contribution in [2.75, 3.05) is 13.2 Å². The van der Waals surface area contributed by atoms with Crippen molar-refractivity contribution in [3.8, 4) is 0 Å². The van der Waals surface area contributed by atoms with Gasteiger partial charge in [-0.25, -0.2) is 0 Å². The molecule has 1 aliphatic rings. The molecule has 0 saturated carbocycles. The lowest BCUT2D eigenvalue weighted by atomic mass is 9.75. The van der Waals surface area contributed by atoms with Crippen LogP contribution in [0.15, 0.2) is 65.7 Å². The average Bonchev–Trinajstić information content (AvgIpc) is 2.62. The molecule has 0 aliphatic carbocycles. The first-order valence-electron chi connectivity index (χ1n) is 9.38. The Morgan fingerprint density at radius 2 is 1.76 bits per heavy atom. The molecule has 0 spiro atoms. The summed E-state index contributed by atoms with van der Waals surface area (Å²) in [5.41, 5.74) is 2.61. The lowest BCUT2D eigenvalue weighted by molar-refractivity contribution is -0.0771. The van der Waals surface area contributed by atoms with E-state index in [4.69, 9.17) is 4.74 Å². The van der Waals surface area contributed by atoms with E-state index < -0.39 is 0 Å². The first-order valence-corrected chi connectivity index (χ1v) is 9.38. The Kier molecular flexibility index (Phi) is 6.04. The molecule has 2 nitrogen and oxygen atoms in total. The molecule has 132 valence electrons. The molecule has 0 amide bonds. The fraction of sp³-hybridized carbons (Fsp3) is 0.435. The summed E-state index contributed by atoms with van der Waals surface area (Å²) >= 11 is 0. The van der Waals surface area contributed by atoms with Gasteiger partial charge >= 0.3 is 0 Å². The summed E-state index contributed by atoms with van der Waals surface area (Å²) in [6.07, 6.45) is 5.35. The van der Waals surface area contributed by atoms with E-state index in [0.717, 1.165) is 32.4 Å². The molecule has 2 aromatic rings. The zero-order chi connectivity index (χ0) is 17.5. The van der Waals surface area contributed by atoms with Crippen molar-refractivity contribution in [1.29, 1.82) is 0 Å². The van der Waals surface area contributed by atoms with Gasteiger partial charge in [0.1, 0.15) is 0 Å². The van der Waals surface area contributed by atoms with Crippen molar-refractivity contribution in [2.24, 2.45) is 10.9 Å². The molecule has 2 heteroatoms. The molecule has 0 N–H and O–H groups in total. The molecule has 1 fully saturated rings. The van der Waals surface area contributed by atoms with E-state index in [1.54, 1.807) is 0 Å². The largest absolute Gasteiger partial charge is 0.376 e. The van der Waals surface area contributed by atoms with Crippen LogP contribution in [0.5, 0.6) is 0 Å². The van der Waals surface area contributed by atoms with Gasteiger partial charge in [0, 0.05) is 19.4 Å². The summed E-state index contributed by atoms with van der Waals surface area (Å²) in [6, 6.07) is 21.3. The Hall–Kier alpha value is -1.93. The standard InChI is InChI=1S/C23H29NO/c1-23(2)17-21(14-16-25-23)22(20-11-7-4-8-12-20)13-15-24-18-19-9-5-3-6-10-19/h3-12,18,21-22H,13-17H2,1-2H3/t21-,22+/m1/s1. The van der Waals surface area contributed by atoms with Crippen LogP contribution in [0.3, 0.4) is 0 Å². The van der Waals surface area contributed by atoms with Crippen LogP contribution in [0.25, 0.3) is 0 Å². The SMILES string of the molecule is CC1(C)C[C@H]([C@@H](CCN=Cc2ccccc2)c2ccccc2)CCO1. The minimum atomic E-state index is -0.0107. The van der Waals surface area contributed by atoms with Crippen LogP contribution in [0.4, 0.5) is 0 Å². The Bertz CT molecular complexity index is 663. The van der Waals surface area contributed by atoms with Crippen LogP contribution in [0.2, 0.25) is 0 Å². The van der Waals surface area contributed by atoms with E-state index in [2.05, 4.69) is 73.4 Å². The Balaban J connectivity index is 1.68. The van der Waals surface area contributed by atoms with Gasteiger partial charge in [-0.2, -0.15) is 0 Å². The van der Waals surface area contributed by atoms with Gasteiger partial charge < -0.3 is 4.74 Å². The molecule has 1 heterocycles. The molecule has 3 rings (SSSR count). The van der Waals surface area contributed by atoms with Crippen LogP contribution in [-0.2, 0) is 4.74 Å². The third-order valence-electron chi connectivity index (χ3n) is 5.14. The van der Waals surface area contributed by atoms with Gasteiger partial charge in [0.15, 0.2) is 0 Å². The quantitative estimate of drug-likeness (QED) is 0.640. The molecule has 2 atom stereocenters. The minimum Gasteiger partial charge on any atom is -0.376 e. The molecular formula is C23H29NO. The van der Waals surface area contributed by atoms with Gasteiger partial charge in [-0.05, 0) is 56.1 Å². The fourth-order valence-electron chi connectivity index (χ4n) is 3.92. The smallest absolute Gasteiger partial charge is 0.0629 e. The topological polar surface area (TPSA) is 21.6 Å². The van der Waals surface area contributed by atoms with E-state index in [1.807, 2.05) is 12.3 Å². The monoisotopic (exact) mass is 335 g/mol. The van der Waals surface area contributed by atoms with Crippen molar-refractivity contribution in [3.63, 3.8) is 0 Å². The molecular weight excluding hydrogens is 306 g/mol. The molecule has 0 bridgehead atoms. The highest BCUT2D eigenvalue weighted by atomic mass is 16.5. The van der Waals surface area contributed by atoms with E-state index in [-0.39, 0.29) is 5.60 Å². The number of benzene rings is 2. The highest BCUT2D eigenvalue weighted by Crippen LogP contribution is 2.39. The maximum Gasteiger partial charge on any atom is 0.0629 e. The predicted molar refractivity (Wildman–Crippen MR) is 105 cm³/mol. The predicted octanol–water partition coefficient (Wildman–Crippen LogP) is 5.48. The second-order valence-corrected chi connectivity index (χ2v) is 7.61. The van der Waals surface area contributed by atoms with Crippen LogP contribution < -0.4 is 0 Å². The van der Waals surface area contributed by atoms with Gasteiger partial charge in [-0.3, -0.25) is 4.99 Å². The molecule has 1 saturated heterocycles. The Labute approximate surface area is 152 Å². The molecule has 0 radical (unpaired) electrons. The van der Waals surface area contributed by atoms with Crippen molar-refractivity contribution < 1.29 is 4.74 Å². The van der Waals surface area contributed by atoms with E-state index >= 15 is 0 Å². The van der Waals surface area contributed by atoms with Crippen LogP contribution in [0.1, 0.15) is 50.2 Å².